The van der Waals surface area contributed by atoms with Crippen LogP contribution in [0.5, 0.6) is 0 Å². The molecule has 0 aliphatic carbocycles. The van der Waals surface area contributed by atoms with Crippen molar-refractivity contribution in [3.63, 3.8) is 0 Å². The molecule has 0 saturated heterocycles. The van der Waals surface area contributed by atoms with Crippen molar-refractivity contribution in [2.75, 3.05) is 10.6 Å². The monoisotopic (exact) mass is 323 g/mol. The fourth-order valence-electron chi connectivity index (χ4n) is 2.39. The Bertz CT molecular complexity index is 935. The molecule has 0 aliphatic rings. The highest BCUT2D eigenvalue weighted by molar-refractivity contribution is 6.12. The number of hydrogen-bond acceptors (Lipinski definition) is 3. The van der Waals surface area contributed by atoms with Gasteiger partial charge in [-0.1, -0.05) is 12.1 Å². The molecule has 2 amide bonds. The summed E-state index contributed by atoms with van der Waals surface area (Å²) in [7, 11) is 0. The van der Waals surface area contributed by atoms with E-state index < -0.39 is 11.7 Å². The summed E-state index contributed by atoms with van der Waals surface area (Å²) in [5.41, 5.74) is 1.57. The topological polar surface area (TPSA) is 71.1 Å². The lowest BCUT2D eigenvalue weighted by atomic mass is 10.1. The fourth-order valence-corrected chi connectivity index (χ4v) is 2.39. The molecule has 1 heterocycles. The molecule has 0 unspecified atom stereocenters. The van der Waals surface area contributed by atoms with E-state index in [1.807, 2.05) is 12.1 Å². The van der Waals surface area contributed by atoms with Crippen molar-refractivity contribution in [1.82, 2.24) is 4.98 Å². The van der Waals surface area contributed by atoms with Gasteiger partial charge in [-0.15, -0.1) is 0 Å². The second-order valence-electron chi connectivity index (χ2n) is 5.21. The second kappa shape index (κ2) is 6.45. The third kappa shape index (κ3) is 3.22. The van der Waals surface area contributed by atoms with E-state index in [2.05, 4.69) is 15.6 Å². The first-order chi connectivity index (χ1) is 11.5. The van der Waals surface area contributed by atoms with E-state index in [0.717, 1.165) is 5.39 Å². The molecule has 2 N–H and O–H groups in total. The van der Waals surface area contributed by atoms with Gasteiger partial charge in [0.15, 0.2) is 0 Å². The highest BCUT2D eigenvalue weighted by Gasteiger charge is 2.12. The molecule has 0 atom stereocenters. The number of aromatic nitrogens is 1. The van der Waals surface area contributed by atoms with Gasteiger partial charge in [0.1, 0.15) is 5.82 Å². The van der Waals surface area contributed by atoms with Gasteiger partial charge in [0.25, 0.3) is 5.91 Å². The minimum absolute atomic E-state index is 0.0138. The average molecular weight is 323 g/mol. The number of hydrogen-bond donors (Lipinski definition) is 2. The van der Waals surface area contributed by atoms with Gasteiger partial charge in [-0.2, -0.15) is 0 Å². The van der Waals surface area contributed by atoms with E-state index >= 15 is 0 Å². The zero-order valence-corrected chi connectivity index (χ0v) is 12.8. The number of carbonyl (C=O) groups is 2. The summed E-state index contributed by atoms with van der Waals surface area (Å²) in [6.45, 7) is 1.29. The van der Waals surface area contributed by atoms with Crippen molar-refractivity contribution in [1.29, 1.82) is 0 Å². The molecule has 120 valence electrons. The van der Waals surface area contributed by atoms with E-state index in [0.29, 0.717) is 16.8 Å². The summed E-state index contributed by atoms with van der Waals surface area (Å²) in [6, 6.07) is 12.8. The van der Waals surface area contributed by atoms with Crippen LogP contribution in [0.1, 0.15) is 17.3 Å². The zero-order valence-electron chi connectivity index (χ0n) is 12.8. The van der Waals surface area contributed by atoms with Crippen LogP contribution in [0, 0.1) is 5.82 Å². The van der Waals surface area contributed by atoms with Crippen molar-refractivity contribution in [3.8, 4) is 0 Å². The molecule has 0 spiro atoms. The first-order valence-corrected chi connectivity index (χ1v) is 7.27. The predicted molar refractivity (Wildman–Crippen MR) is 90.4 cm³/mol. The van der Waals surface area contributed by atoms with Crippen LogP contribution >= 0.6 is 0 Å². The predicted octanol–water partition coefficient (Wildman–Crippen LogP) is 3.58. The van der Waals surface area contributed by atoms with Crippen LogP contribution in [0.2, 0.25) is 0 Å². The molecule has 0 fully saturated rings. The Labute approximate surface area is 137 Å². The van der Waals surface area contributed by atoms with Crippen molar-refractivity contribution >= 4 is 34.1 Å². The molecule has 24 heavy (non-hydrogen) atoms. The molecule has 3 rings (SSSR count). The highest BCUT2D eigenvalue weighted by atomic mass is 19.1. The molecule has 0 bridgehead atoms. The summed E-state index contributed by atoms with van der Waals surface area (Å²) >= 11 is 0. The Balaban J connectivity index is 1.90. The molecule has 2 aromatic carbocycles. The van der Waals surface area contributed by atoms with Gasteiger partial charge in [-0.25, -0.2) is 4.39 Å². The molecule has 6 heteroatoms. The van der Waals surface area contributed by atoms with Crippen LogP contribution in [-0.4, -0.2) is 16.8 Å². The number of nitrogens with zero attached hydrogens (tertiary/aromatic N) is 1. The number of halogens is 1. The molecule has 0 saturated carbocycles. The van der Waals surface area contributed by atoms with E-state index in [1.165, 1.54) is 25.1 Å². The van der Waals surface area contributed by atoms with Crippen LogP contribution in [0.3, 0.4) is 0 Å². The molecule has 0 radical (unpaired) electrons. The van der Waals surface area contributed by atoms with Crippen LogP contribution in [0.4, 0.5) is 15.8 Å². The van der Waals surface area contributed by atoms with Gasteiger partial charge >= 0.3 is 0 Å². The Morgan fingerprint density at radius 2 is 1.88 bits per heavy atom. The van der Waals surface area contributed by atoms with Gasteiger partial charge in [-0.3, -0.25) is 14.6 Å². The first kappa shape index (κ1) is 15.6. The van der Waals surface area contributed by atoms with Crippen molar-refractivity contribution in [3.05, 3.63) is 66.1 Å². The normalized spacial score (nSPS) is 10.4. The third-order valence-electron chi connectivity index (χ3n) is 3.43. The summed E-state index contributed by atoms with van der Waals surface area (Å²) in [6.07, 6.45) is 1.66. The van der Waals surface area contributed by atoms with Crippen LogP contribution < -0.4 is 10.6 Å². The highest BCUT2D eigenvalue weighted by Crippen LogP contribution is 2.22. The molecule has 3 aromatic rings. The SMILES string of the molecule is CC(=O)Nc1cc(NC(=O)c2cccc3ncccc23)ccc1F. The van der Waals surface area contributed by atoms with Gasteiger partial charge in [0.2, 0.25) is 5.91 Å². The standard InChI is InChI=1S/C18H14FN3O2/c1-11(23)21-17-10-12(7-8-15(17)19)22-18(24)14-4-2-6-16-13(14)5-3-9-20-16/h2-10H,1H3,(H,21,23)(H,22,24). The number of nitrogens with one attached hydrogen (secondary N) is 2. The molecular formula is C18H14FN3O2. The third-order valence-corrected chi connectivity index (χ3v) is 3.43. The maximum Gasteiger partial charge on any atom is 0.256 e. The summed E-state index contributed by atoms with van der Waals surface area (Å²) < 4.78 is 13.7. The van der Waals surface area contributed by atoms with E-state index in [-0.39, 0.29) is 11.6 Å². The number of carbonyl (C=O) groups excluding carboxylic acids is 2. The lowest BCUT2D eigenvalue weighted by molar-refractivity contribution is -0.114. The van der Waals surface area contributed by atoms with Gasteiger partial charge < -0.3 is 10.6 Å². The van der Waals surface area contributed by atoms with Gasteiger partial charge in [-0.05, 0) is 36.4 Å². The van der Waals surface area contributed by atoms with Crippen molar-refractivity contribution < 1.29 is 14.0 Å². The van der Waals surface area contributed by atoms with Crippen molar-refractivity contribution in [2.24, 2.45) is 0 Å². The quantitative estimate of drug-likeness (QED) is 0.774. The van der Waals surface area contributed by atoms with Crippen LogP contribution in [0.25, 0.3) is 10.9 Å². The minimum atomic E-state index is -0.572. The molecule has 5 nitrogen and oxygen atoms in total. The largest absolute Gasteiger partial charge is 0.324 e. The van der Waals surface area contributed by atoms with E-state index in [9.17, 15) is 14.0 Å². The van der Waals surface area contributed by atoms with Crippen LogP contribution in [-0.2, 0) is 4.79 Å². The number of amides is 2. The fraction of sp³-hybridized carbons (Fsp3) is 0.0556. The summed E-state index contributed by atoms with van der Waals surface area (Å²) in [5.74, 6) is -1.30. The van der Waals surface area contributed by atoms with E-state index in [1.54, 1.807) is 24.4 Å². The molecule has 1 aromatic heterocycles. The smallest absolute Gasteiger partial charge is 0.256 e. The maximum atomic E-state index is 13.7. The Kier molecular flexibility index (Phi) is 4.20. The molecular weight excluding hydrogens is 309 g/mol. The number of fused-ring (bicyclic) bond motifs is 1. The Hall–Kier alpha value is -3.28. The number of rotatable bonds is 3. The number of anilines is 2. The summed E-state index contributed by atoms with van der Waals surface area (Å²) in [5, 5.41) is 5.81. The molecule has 0 aliphatic heterocycles. The lowest BCUT2D eigenvalue weighted by Crippen LogP contribution is -2.13. The van der Waals surface area contributed by atoms with Gasteiger partial charge in [0, 0.05) is 29.8 Å². The van der Waals surface area contributed by atoms with Crippen LogP contribution in [0.15, 0.2) is 54.7 Å². The lowest BCUT2D eigenvalue weighted by Gasteiger charge is -2.10. The first-order valence-electron chi connectivity index (χ1n) is 7.27. The Morgan fingerprint density at radius 3 is 2.67 bits per heavy atom. The number of pyridine rings is 1. The number of benzene rings is 2. The zero-order chi connectivity index (χ0) is 17.1. The van der Waals surface area contributed by atoms with Gasteiger partial charge in [0.05, 0.1) is 11.2 Å². The minimum Gasteiger partial charge on any atom is -0.324 e. The van der Waals surface area contributed by atoms with E-state index in [4.69, 9.17) is 0 Å². The average Bonchev–Trinajstić information content (AvgIpc) is 2.57. The van der Waals surface area contributed by atoms with Crippen molar-refractivity contribution in [2.45, 2.75) is 6.92 Å². The summed E-state index contributed by atoms with van der Waals surface area (Å²) in [4.78, 5) is 27.8. The maximum absolute atomic E-state index is 13.7. The Morgan fingerprint density at radius 1 is 1.04 bits per heavy atom. The second-order valence-corrected chi connectivity index (χ2v) is 5.21.